The summed E-state index contributed by atoms with van der Waals surface area (Å²) >= 11 is 0. The zero-order valence-corrected chi connectivity index (χ0v) is 5.54. The number of carbonyl (C=O) groups excluding carboxylic acids is 1. The molecule has 0 radical (unpaired) electrons. The maximum Gasteiger partial charge on any atom is 0.331 e. The van der Waals surface area contributed by atoms with Crippen molar-refractivity contribution in [1.82, 2.24) is 0 Å². The summed E-state index contributed by atoms with van der Waals surface area (Å²) in [5, 5.41) is 0. The molecule has 10 heavy (non-hydrogen) atoms. The Morgan fingerprint density at radius 1 is 1.70 bits per heavy atom. The van der Waals surface area contributed by atoms with E-state index in [1.807, 2.05) is 0 Å². The zero-order chi connectivity index (χ0) is 7.40. The van der Waals surface area contributed by atoms with Crippen LogP contribution in [-0.4, -0.2) is 12.6 Å². The number of esters is 1. The summed E-state index contributed by atoms with van der Waals surface area (Å²) in [4.78, 5) is 10.5. The molecule has 2 nitrogen and oxygen atoms in total. The Bertz CT molecular complexity index is 211. The van der Waals surface area contributed by atoms with Gasteiger partial charge in [-0.05, 0) is 5.57 Å². The van der Waals surface area contributed by atoms with Crippen LogP contribution >= 0.6 is 0 Å². The Hall–Kier alpha value is -1.31. The van der Waals surface area contributed by atoms with Gasteiger partial charge in [-0.15, -0.1) is 0 Å². The average Bonchev–Trinajstić information content (AvgIpc) is 2.31. The van der Waals surface area contributed by atoms with Crippen molar-refractivity contribution in [2.45, 2.75) is 0 Å². The monoisotopic (exact) mass is 136 g/mol. The molecule has 52 valence electrons. The van der Waals surface area contributed by atoms with E-state index in [-0.39, 0.29) is 5.97 Å². The summed E-state index contributed by atoms with van der Waals surface area (Å²) in [6.45, 7) is 3.89. The Kier molecular flexibility index (Phi) is 2.05. The van der Waals surface area contributed by atoms with Crippen LogP contribution in [0.2, 0.25) is 0 Å². The Morgan fingerprint density at radius 2 is 2.50 bits per heavy atom. The van der Waals surface area contributed by atoms with Crippen molar-refractivity contribution in [1.29, 1.82) is 0 Å². The highest BCUT2D eigenvalue weighted by atomic mass is 16.5. The van der Waals surface area contributed by atoms with E-state index >= 15 is 0 Å². The third-order valence-electron chi connectivity index (χ3n) is 1.13. The second-order valence-electron chi connectivity index (χ2n) is 1.92. The minimum atomic E-state index is -0.260. The van der Waals surface area contributed by atoms with Gasteiger partial charge in [0.15, 0.2) is 0 Å². The van der Waals surface area contributed by atoms with Gasteiger partial charge in [0.1, 0.15) is 6.61 Å². The average molecular weight is 136 g/mol. The lowest BCUT2D eigenvalue weighted by atomic mass is 10.2. The number of carbonyl (C=O) groups is 1. The summed E-state index contributed by atoms with van der Waals surface area (Å²) in [5.74, 6) is -0.260. The zero-order valence-electron chi connectivity index (χ0n) is 5.54. The third kappa shape index (κ3) is 1.58. The molecular weight excluding hydrogens is 128 g/mol. The number of cyclic esters (lactones) is 1. The molecule has 0 amide bonds. The van der Waals surface area contributed by atoms with Crippen molar-refractivity contribution < 1.29 is 9.53 Å². The van der Waals surface area contributed by atoms with E-state index in [4.69, 9.17) is 0 Å². The fourth-order valence-electron chi connectivity index (χ4n) is 0.677. The van der Waals surface area contributed by atoms with Crippen LogP contribution in [0.5, 0.6) is 0 Å². The van der Waals surface area contributed by atoms with Crippen LogP contribution in [0, 0.1) is 0 Å². The highest BCUT2D eigenvalue weighted by molar-refractivity contribution is 5.85. The first-order valence-electron chi connectivity index (χ1n) is 2.99. The minimum absolute atomic E-state index is 0.260. The lowest BCUT2D eigenvalue weighted by Crippen LogP contribution is -1.90. The van der Waals surface area contributed by atoms with Crippen LogP contribution < -0.4 is 0 Å². The number of hydrogen-bond donors (Lipinski definition) is 0. The molecule has 0 saturated heterocycles. The molecule has 0 aromatic carbocycles. The molecule has 0 unspecified atom stereocenters. The molecule has 1 aliphatic rings. The molecule has 1 aliphatic heterocycles. The van der Waals surface area contributed by atoms with Crippen molar-refractivity contribution in [3.05, 3.63) is 36.5 Å². The molecule has 1 rings (SSSR count). The second kappa shape index (κ2) is 3.01. The van der Waals surface area contributed by atoms with Gasteiger partial charge in [-0.3, -0.25) is 0 Å². The first-order chi connectivity index (χ1) is 4.83. The SMILES string of the molecule is C=CC=CC1=CC(=O)OC1. The Balaban J connectivity index is 2.58. The number of rotatable bonds is 2. The van der Waals surface area contributed by atoms with Gasteiger partial charge in [-0.1, -0.05) is 24.8 Å². The van der Waals surface area contributed by atoms with Crippen molar-refractivity contribution in [2.75, 3.05) is 6.61 Å². The number of hydrogen-bond acceptors (Lipinski definition) is 2. The van der Waals surface area contributed by atoms with Crippen molar-refractivity contribution in [3.63, 3.8) is 0 Å². The van der Waals surface area contributed by atoms with E-state index in [2.05, 4.69) is 11.3 Å². The quantitative estimate of drug-likeness (QED) is 0.421. The predicted octanol–water partition coefficient (Wildman–Crippen LogP) is 1.21. The summed E-state index contributed by atoms with van der Waals surface area (Å²) in [5.41, 5.74) is 0.893. The molecule has 0 N–H and O–H groups in total. The fourth-order valence-corrected chi connectivity index (χ4v) is 0.677. The smallest absolute Gasteiger partial charge is 0.331 e. The van der Waals surface area contributed by atoms with Gasteiger partial charge < -0.3 is 4.74 Å². The standard InChI is InChI=1S/C8H8O2/c1-2-3-4-7-5-8(9)10-6-7/h2-5H,1,6H2. The van der Waals surface area contributed by atoms with Crippen LogP contribution in [0.25, 0.3) is 0 Å². The van der Waals surface area contributed by atoms with Gasteiger partial charge in [0.25, 0.3) is 0 Å². The van der Waals surface area contributed by atoms with E-state index in [0.29, 0.717) is 6.61 Å². The molecule has 2 heteroatoms. The first kappa shape index (κ1) is 6.81. The second-order valence-corrected chi connectivity index (χ2v) is 1.92. The maximum atomic E-state index is 10.5. The molecule has 0 aromatic heterocycles. The number of allylic oxidation sites excluding steroid dienone is 2. The molecular formula is C8H8O2. The van der Waals surface area contributed by atoms with Gasteiger partial charge in [0.2, 0.25) is 0 Å². The summed E-state index contributed by atoms with van der Waals surface area (Å²) in [6.07, 6.45) is 6.70. The third-order valence-corrected chi connectivity index (χ3v) is 1.13. The van der Waals surface area contributed by atoms with E-state index in [0.717, 1.165) is 5.57 Å². The maximum absolute atomic E-state index is 10.5. The highest BCUT2D eigenvalue weighted by Gasteiger charge is 2.08. The van der Waals surface area contributed by atoms with Crippen LogP contribution in [-0.2, 0) is 9.53 Å². The van der Waals surface area contributed by atoms with Crippen LogP contribution in [0.4, 0.5) is 0 Å². The Morgan fingerprint density at radius 3 is 3.00 bits per heavy atom. The molecule has 0 aliphatic carbocycles. The lowest BCUT2D eigenvalue weighted by Gasteiger charge is -1.87. The van der Waals surface area contributed by atoms with Gasteiger partial charge in [-0.25, -0.2) is 4.79 Å². The van der Waals surface area contributed by atoms with E-state index in [9.17, 15) is 4.79 Å². The summed E-state index contributed by atoms with van der Waals surface area (Å²) in [6, 6.07) is 0. The summed E-state index contributed by atoms with van der Waals surface area (Å²) in [7, 11) is 0. The van der Waals surface area contributed by atoms with Crippen LogP contribution in [0.1, 0.15) is 0 Å². The Labute approximate surface area is 59.5 Å². The van der Waals surface area contributed by atoms with Gasteiger partial charge >= 0.3 is 5.97 Å². The predicted molar refractivity (Wildman–Crippen MR) is 38.4 cm³/mol. The van der Waals surface area contributed by atoms with Gasteiger partial charge in [0.05, 0.1) is 0 Å². The molecule has 0 spiro atoms. The van der Waals surface area contributed by atoms with E-state index in [1.165, 1.54) is 6.08 Å². The molecule has 0 saturated carbocycles. The summed E-state index contributed by atoms with van der Waals surface area (Å²) < 4.78 is 4.65. The van der Waals surface area contributed by atoms with E-state index in [1.54, 1.807) is 18.2 Å². The van der Waals surface area contributed by atoms with Gasteiger partial charge in [-0.2, -0.15) is 0 Å². The van der Waals surface area contributed by atoms with Crippen molar-refractivity contribution in [2.24, 2.45) is 0 Å². The minimum Gasteiger partial charge on any atom is -0.458 e. The van der Waals surface area contributed by atoms with Crippen LogP contribution in [0.3, 0.4) is 0 Å². The first-order valence-corrected chi connectivity index (χ1v) is 2.99. The highest BCUT2D eigenvalue weighted by Crippen LogP contribution is 2.06. The molecule has 0 aromatic rings. The number of ether oxygens (including phenoxy) is 1. The molecule has 0 atom stereocenters. The van der Waals surface area contributed by atoms with E-state index < -0.39 is 0 Å². The van der Waals surface area contributed by atoms with Crippen molar-refractivity contribution in [3.8, 4) is 0 Å². The lowest BCUT2D eigenvalue weighted by molar-refractivity contribution is -0.134. The van der Waals surface area contributed by atoms with Crippen LogP contribution in [0.15, 0.2) is 36.5 Å². The topological polar surface area (TPSA) is 26.3 Å². The largest absolute Gasteiger partial charge is 0.458 e. The molecule has 0 fully saturated rings. The molecule has 1 heterocycles. The fraction of sp³-hybridized carbons (Fsp3) is 0.125. The normalized spacial score (nSPS) is 17.2. The van der Waals surface area contributed by atoms with Crippen molar-refractivity contribution >= 4 is 5.97 Å². The molecule has 0 bridgehead atoms. The van der Waals surface area contributed by atoms with Gasteiger partial charge in [0, 0.05) is 6.08 Å².